The normalized spacial score (nSPS) is 13.3. The molecule has 0 saturated heterocycles. The number of halogens is 1. The largest absolute Gasteiger partial charge is 0.468 e. The highest BCUT2D eigenvalue weighted by molar-refractivity contribution is 9.10. The summed E-state index contributed by atoms with van der Waals surface area (Å²) in [7, 11) is 0. The lowest BCUT2D eigenvalue weighted by Gasteiger charge is -2.17. The first-order valence-corrected chi connectivity index (χ1v) is 6.50. The van der Waals surface area contributed by atoms with Gasteiger partial charge in [0, 0.05) is 5.56 Å². The summed E-state index contributed by atoms with van der Waals surface area (Å²) in [6.45, 7) is 0.299. The highest BCUT2D eigenvalue weighted by Crippen LogP contribution is 2.37. The quantitative estimate of drug-likeness (QED) is 0.481. The van der Waals surface area contributed by atoms with E-state index in [4.69, 9.17) is 10.6 Å². The molecule has 0 aliphatic carbocycles. The molecule has 2 aromatic rings. The molecule has 0 atom stereocenters. The van der Waals surface area contributed by atoms with Crippen LogP contribution in [0.1, 0.15) is 0 Å². The molecule has 2 heterocycles. The maximum atomic E-state index is 5.48. The number of pyridine rings is 1. The van der Waals surface area contributed by atoms with Gasteiger partial charge >= 0.3 is 0 Å². The maximum Gasteiger partial charge on any atom is 0.241 e. The molecule has 1 aromatic heterocycles. The van der Waals surface area contributed by atoms with E-state index in [-0.39, 0.29) is 0 Å². The fourth-order valence-corrected chi connectivity index (χ4v) is 2.36. The van der Waals surface area contributed by atoms with Gasteiger partial charge in [-0.2, -0.15) is 0 Å². The number of aliphatic imine (C=N–C) groups is 1. The van der Waals surface area contributed by atoms with Gasteiger partial charge in [-0.15, -0.1) is 0 Å². The van der Waals surface area contributed by atoms with Gasteiger partial charge in [0.15, 0.2) is 5.84 Å². The van der Waals surface area contributed by atoms with Crippen molar-refractivity contribution < 1.29 is 4.74 Å². The van der Waals surface area contributed by atoms with E-state index in [0.29, 0.717) is 24.0 Å². The Morgan fingerprint density at radius 1 is 1.26 bits per heavy atom. The van der Waals surface area contributed by atoms with E-state index in [1.807, 2.05) is 36.4 Å². The van der Waals surface area contributed by atoms with Crippen LogP contribution in [0, 0.1) is 0 Å². The number of nitrogens with one attached hydrogen (secondary N) is 1. The molecule has 0 spiro atoms. The van der Waals surface area contributed by atoms with Crippen LogP contribution < -0.4 is 16.0 Å². The molecule has 19 heavy (non-hydrogen) atoms. The highest BCUT2D eigenvalue weighted by atomic mass is 79.9. The monoisotopic (exact) mass is 318 g/mol. The van der Waals surface area contributed by atoms with E-state index in [1.54, 1.807) is 0 Å². The molecule has 3 rings (SSSR count). The number of nitrogens with zero attached hydrogens (tertiary/aromatic N) is 2. The number of amidine groups is 1. The lowest BCUT2D eigenvalue weighted by atomic mass is 10.1. The van der Waals surface area contributed by atoms with Crippen molar-refractivity contribution in [3.05, 3.63) is 41.0 Å². The van der Waals surface area contributed by atoms with E-state index in [9.17, 15) is 0 Å². The second kappa shape index (κ2) is 4.99. The molecule has 3 N–H and O–H groups in total. The average Bonchev–Trinajstić information content (AvgIpc) is 2.47. The van der Waals surface area contributed by atoms with Crippen LogP contribution in [0.3, 0.4) is 0 Å². The lowest BCUT2D eigenvalue weighted by molar-refractivity contribution is 0.352. The third kappa shape index (κ3) is 2.32. The third-order valence-electron chi connectivity index (χ3n) is 2.77. The smallest absolute Gasteiger partial charge is 0.241 e. The molecule has 6 heteroatoms. The van der Waals surface area contributed by atoms with E-state index < -0.39 is 0 Å². The Labute approximate surface area is 118 Å². The van der Waals surface area contributed by atoms with Crippen LogP contribution in [-0.2, 0) is 0 Å². The van der Waals surface area contributed by atoms with Gasteiger partial charge in [-0.3, -0.25) is 0 Å². The zero-order valence-electron chi connectivity index (χ0n) is 9.93. The Balaban J connectivity index is 2.12. The van der Waals surface area contributed by atoms with Crippen molar-refractivity contribution in [2.75, 3.05) is 6.61 Å². The van der Waals surface area contributed by atoms with Crippen LogP contribution in [0.2, 0.25) is 0 Å². The number of rotatable bonds is 1. The maximum absolute atomic E-state index is 5.48. The molecule has 0 amide bonds. The summed E-state index contributed by atoms with van der Waals surface area (Å²) in [5.74, 6) is 6.43. The van der Waals surface area contributed by atoms with Crippen LogP contribution in [-0.4, -0.2) is 17.4 Å². The molecule has 1 aliphatic rings. The van der Waals surface area contributed by atoms with Gasteiger partial charge in [-0.1, -0.05) is 30.3 Å². The second-order valence-electron chi connectivity index (χ2n) is 4.01. The number of ether oxygens (including phenoxy) is 1. The molecule has 5 nitrogen and oxygen atoms in total. The van der Waals surface area contributed by atoms with Crippen molar-refractivity contribution in [1.82, 2.24) is 10.4 Å². The number of hydrogen-bond donors (Lipinski definition) is 2. The van der Waals surface area contributed by atoms with Crippen molar-refractivity contribution in [3.8, 4) is 17.0 Å². The molecule has 0 unspecified atom stereocenters. The summed E-state index contributed by atoms with van der Waals surface area (Å²) in [6.07, 6.45) is 0. The molecule has 1 aromatic carbocycles. The minimum atomic E-state index is 0.299. The number of fused-ring (bicyclic) bond motifs is 1. The number of nitrogens with two attached hydrogens (primary N) is 1. The number of aromatic nitrogens is 1. The van der Waals surface area contributed by atoms with E-state index >= 15 is 0 Å². The van der Waals surface area contributed by atoms with Crippen LogP contribution in [0.5, 0.6) is 5.88 Å². The molecule has 0 bridgehead atoms. The first-order chi connectivity index (χ1) is 9.28. The van der Waals surface area contributed by atoms with Gasteiger partial charge in [0.1, 0.15) is 16.9 Å². The fraction of sp³-hybridized carbons (Fsp3) is 0.0769. The Morgan fingerprint density at radius 2 is 2.05 bits per heavy atom. The Hall–Kier alpha value is -1.92. The predicted octanol–water partition coefficient (Wildman–Crippen LogP) is 2.40. The van der Waals surface area contributed by atoms with Crippen LogP contribution in [0.15, 0.2) is 46.0 Å². The molecule has 0 fully saturated rings. The van der Waals surface area contributed by atoms with Crippen molar-refractivity contribution >= 4 is 27.5 Å². The van der Waals surface area contributed by atoms with Crippen molar-refractivity contribution in [3.63, 3.8) is 0 Å². The van der Waals surface area contributed by atoms with Crippen molar-refractivity contribution in [2.45, 2.75) is 0 Å². The predicted molar refractivity (Wildman–Crippen MR) is 77.3 cm³/mol. The Bertz CT molecular complexity index is 643. The summed E-state index contributed by atoms with van der Waals surface area (Å²) in [4.78, 5) is 8.74. The summed E-state index contributed by atoms with van der Waals surface area (Å²) in [5.41, 5.74) is 5.20. The molecule has 0 saturated carbocycles. The third-order valence-corrected chi connectivity index (χ3v) is 3.38. The summed E-state index contributed by atoms with van der Waals surface area (Å²) in [5, 5.41) is 0. The van der Waals surface area contributed by atoms with Gasteiger partial charge in [-0.25, -0.2) is 15.8 Å². The first kappa shape index (κ1) is 12.1. The molecular formula is C13H11BrN4O. The average molecular weight is 319 g/mol. The number of hydrazine groups is 1. The van der Waals surface area contributed by atoms with Crippen LogP contribution in [0.25, 0.3) is 11.1 Å². The van der Waals surface area contributed by atoms with Crippen molar-refractivity contribution in [2.24, 2.45) is 10.8 Å². The van der Waals surface area contributed by atoms with Gasteiger partial charge < -0.3 is 10.2 Å². The van der Waals surface area contributed by atoms with Crippen LogP contribution in [0.4, 0.5) is 5.69 Å². The highest BCUT2D eigenvalue weighted by Gasteiger charge is 2.17. The van der Waals surface area contributed by atoms with Gasteiger partial charge in [0.25, 0.3) is 0 Å². The molecule has 1 aliphatic heterocycles. The zero-order valence-corrected chi connectivity index (χ0v) is 11.5. The molecular weight excluding hydrogens is 308 g/mol. The fourth-order valence-electron chi connectivity index (χ4n) is 1.86. The minimum Gasteiger partial charge on any atom is -0.468 e. The second-order valence-corrected chi connectivity index (χ2v) is 4.76. The molecule has 96 valence electrons. The first-order valence-electron chi connectivity index (χ1n) is 5.71. The van der Waals surface area contributed by atoms with E-state index in [1.165, 1.54) is 0 Å². The SMILES string of the molecule is NNC1=Nc2cc(-c3ccccc3)c(Br)nc2OC1. The van der Waals surface area contributed by atoms with E-state index in [0.717, 1.165) is 15.7 Å². The Kier molecular flexibility index (Phi) is 3.18. The Morgan fingerprint density at radius 3 is 2.79 bits per heavy atom. The molecule has 0 radical (unpaired) electrons. The summed E-state index contributed by atoms with van der Waals surface area (Å²) < 4.78 is 6.22. The van der Waals surface area contributed by atoms with Crippen molar-refractivity contribution in [1.29, 1.82) is 0 Å². The van der Waals surface area contributed by atoms with Crippen LogP contribution >= 0.6 is 15.9 Å². The van der Waals surface area contributed by atoms with Gasteiger partial charge in [-0.05, 0) is 27.6 Å². The summed E-state index contributed by atoms with van der Waals surface area (Å²) in [6, 6.07) is 11.9. The minimum absolute atomic E-state index is 0.299. The van der Waals surface area contributed by atoms with E-state index in [2.05, 4.69) is 31.3 Å². The topological polar surface area (TPSA) is 72.5 Å². The lowest BCUT2D eigenvalue weighted by Crippen LogP contribution is -2.36. The standard InChI is InChI=1S/C13H11BrN4O/c14-12-9(8-4-2-1-3-5-8)6-10-13(17-12)19-7-11(16-10)18-15/h1-6H,7,15H2,(H,16,18). The number of hydrogen-bond acceptors (Lipinski definition) is 5. The summed E-state index contributed by atoms with van der Waals surface area (Å²) >= 11 is 3.46. The zero-order chi connectivity index (χ0) is 13.2. The van der Waals surface area contributed by atoms with Gasteiger partial charge in [0.05, 0.1) is 0 Å². The number of benzene rings is 1. The van der Waals surface area contributed by atoms with Gasteiger partial charge in [0.2, 0.25) is 5.88 Å².